The summed E-state index contributed by atoms with van der Waals surface area (Å²) in [6.07, 6.45) is 4.06. The molecule has 0 N–H and O–H groups in total. The summed E-state index contributed by atoms with van der Waals surface area (Å²) in [6.45, 7) is 13.8. The molecule has 58 valence electrons. The number of allylic oxidation sites excluding steroid dienone is 5. The van der Waals surface area contributed by atoms with Gasteiger partial charge in [0.2, 0.25) is 0 Å². The Morgan fingerprint density at radius 1 is 1.36 bits per heavy atom. The van der Waals surface area contributed by atoms with Gasteiger partial charge in [-0.3, -0.25) is 0 Å². The van der Waals surface area contributed by atoms with Gasteiger partial charge in [-0.2, -0.15) is 0 Å². The molecule has 1 rings (SSSR count). The summed E-state index contributed by atoms with van der Waals surface area (Å²) in [7, 11) is 0. The third-order valence-electron chi connectivity index (χ3n) is 1.84. The topological polar surface area (TPSA) is 0 Å². The molecule has 0 atom stereocenters. The minimum atomic E-state index is 0.955. The summed E-state index contributed by atoms with van der Waals surface area (Å²) < 4.78 is 0. The molecule has 0 saturated heterocycles. The van der Waals surface area contributed by atoms with Gasteiger partial charge in [-0.25, -0.2) is 0 Å². The van der Waals surface area contributed by atoms with Gasteiger partial charge in [-0.05, 0) is 25.3 Å². The van der Waals surface area contributed by atoms with Crippen LogP contribution in [0.15, 0.2) is 48.1 Å². The summed E-state index contributed by atoms with van der Waals surface area (Å²) >= 11 is 0. The summed E-state index contributed by atoms with van der Waals surface area (Å²) in [5, 5.41) is 0. The van der Waals surface area contributed by atoms with Crippen LogP contribution in [0.5, 0.6) is 0 Å². The average Bonchev–Trinajstić information content (AvgIpc) is 1.85. The lowest BCUT2D eigenvalue weighted by molar-refractivity contribution is 0.993. The average molecular weight is 146 g/mol. The molecule has 0 fully saturated rings. The molecular weight excluding hydrogens is 132 g/mol. The molecule has 0 aromatic carbocycles. The molecule has 0 amide bonds. The van der Waals surface area contributed by atoms with Crippen LogP contribution in [0.1, 0.15) is 19.8 Å². The van der Waals surface area contributed by atoms with E-state index in [4.69, 9.17) is 0 Å². The van der Waals surface area contributed by atoms with Crippen molar-refractivity contribution in [3.05, 3.63) is 48.1 Å². The minimum absolute atomic E-state index is 0.955. The molecule has 11 heavy (non-hydrogen) atoms. The monoisotopic (exact) mass is 146 g/mol. The zero-order valence-corrected chi connectivity index (χ0v) is 7.11. The molecule has 0 heterocycles. The molecule has 1 aliphatic rings. The Kier molecular flexibility index (Phi) is 2.13. The van der Waals surface area contributed by atoms with Crippen molar-refractivity contribution in [1.82, 2.24) is 0 Å². The van der Waals surface area contributed by atoms with Gasteiger partial charge in [0.25, 0.3) is 0 Å². The molecule has 0 nitrogen and oxygen atoms in total. The van der Waals surface area contributed by atoms with Crippen LogP contribution in [0.25, 0.3) is 0 Å². The van der Waals surface area contributed by atoms with E-state index in [1.807, 2.05) is 6.92 Å². The molecule has 0 unspecified atom stereocenters. The maximum atomic E-state index is 3.95. The van der Waals surface area contributed by atoms with Crippen LogP contribution in [0.4, 0.5) is 0 Å². The van der Waals surface area contributed by atoms with Gasteiger partial charge in [0.15, 0.2) is 0 Å². The molecule has 0 heteroatoms. The zero-order chi connectivity index (χ0) is 8.43. The van der Waals surface area contributed by atoms with E-state index in [1.54, 1.807) is 0 Å². The highest BCUT2D eigenvalue weighted by Crippen LogP contribution is 2.28. The van der Waals surface area contributed by atoms with Crippen LogP contribution >= 0.6 is 0 Å². The van der Waals surface area contributed by atoms with Crippen LogP contribution < -0.4 is 0 Å². The fourth-order valence-corrected chi connectivity index (χ4v) is 1.28. The molecule has 0 aromatic rings. The maximum absolute atomic E-state index is 3.95. The highest BCUT2D eigenvalue weighted by atomic mass is 14.1. The number of hydrogen-bond acceptors (Lipinski definition) is 0. The smallest absolute Gasteiger partial charge is 0.00640 e. The standard InChI is InChI=1S/C11H14/c1-8(2)11-6-9(3)5-10(4)7-11/h6H,1,3-5,7H2,2H3. The third kappa shape index (κ3) is 1.94. The molecule has 0 saturated carbocycles. The second-order valence-corrected chi connectivity index (χ2v) is 3.21. The predicted molar refractivity (Wildman–Crippen MR) is 50.4 cm³/mol. The first-order valence-electron chi connectivity index (χ1n) is 3.80. The summed E-state index contributed by atoms with van der Waals surface area (Å²) in [5.74, 6) is 0. The highest BCUT2D eigenvalue weighted by molar-refractivity contribution is 5.42. The van der Waals surface area contributed by atoms with Crippen molar-refractivity contribution < 1.29 is 0 Å². The maximum Gasteiger partial charge on any atom is -0.00640 e. The van der Waals surface area contributed by atoms with Gasteiger partial charge < -0.3 is 0 Å². The Balaban J connectivity index is 2.89. The Morgan fingerprint density at radius 3 is 2.45 bits per heavy atom. The van der Waals surface area contributed by atoms with Crippen molar-refractivity contribution in [2.75, 3.05) is 0 Å². The molecular formula is C11H14. The fraction of sp³-hybridized carbons (Fsp3) is 0.273. The molecule has 0 aliphatic heterocycles. The second kappa shape index (κ2) is 2.91. The van der Waals surface area contributed by atoms with Crippen LogP contribution in [0.2, 0.25) is 0 Å². The van der Waals surface area contributed by atoms with E-state index in [2.05, 4.69) is 25.8 Å². The van der Waals surface area contributed by atoms with Gasteiger partial charge in [0.1, 0.15) is 0 Å². The van der Waals surface area contributed by atoms with E-state index < -0.39 is 0 Å². The summed E-state index contributed by atoms with van der Waals surface area (Å²) in [4.78, 5) is 0. The SMILES string of the molecule is C=C1C=C(C(=C)C)CC(=C)C1. The lowest BCUT2D eigenvalue weighted by Gasteiger charge is -2.16. The van der Waals surface area contributed by atoms with Crippen molar-refractivity contribution >= 4 is 0 Å². The zero-order valence-electron chi connectivity index (χ0n) is 7.11. The first-order valence-corrected chi connectivity index (χ1v) is 3.80. The van der Waals surface area contributed by atoms with Crippen molar-refractivity contribution in [2.45, 2.75) is 19.8 Å². The van der Waals surface area contributed by atoms with Crippen LogP contribution in [0, 0.1) is 0 Å². The van der Waals surface area contributed by atoms with Gasteiger partial charge >= 0.3 is 0 Å². The predicted octanol–water partition coefficient (Wildman–Crippen LogP) is 3.40. The van der Waals surface area contributed by atoms with E-state index in [0.29, 0.717) is 0 Å². The highest BCUT2D eigenvalue weighted by Gasteiger charge is 2.08. The van der Waals surface area contributed by atoms with Crippen molar-refractivity contribution in [1.29, 1.82) is 0 Å². The van der Waals surface area contributed by atoms with Crippen LogP contribution in [-0.2, 0) is 0 Å². The quantitative estimate of drug-likeness (QED) is 0.497. The number of hydrogen-bond donors (Lipinski definition) is 0. The van der Waals surface area contributed by atoms with Crippen molar-refractivity contribution in [3.63, 3.8) is 0 Å². The lowest BCUT2D eigenvalue weighted by atomic mass is 9.89. The van der Waals surface area contributed by atoms with Crippen LogP contribution in [0.3, 0.4) is 0 Å². The van der Waals surface area contributed by atoms with Crippen molar-refractivity contribution in [3.8, 4) is 0 Å². The minimum Gasteiger partial charge on any atom is -0.0992 e. The van der Waals surface area contributed by atoms with Crippen LogP contribution in [-0.4, -0.2) is 0 Å². The molecule has 0 radical (unpaired) electrons. The molecule has 1 aliphatic carbocycles. The first kappa shape index (κ1) is 8.06. The van der Waals surface area contributed by atoms with E-state index in [-0.39, 0.29) is 0 Å². The Bertz CT molecular complexity index is 251. The van der Waals surface area contributed by atoms with E-state index >= 15 is 0 Å². The Labute approximate surface area is 68.6 Å². The van der Waals surface area contributed by atoms with Gasteiger partial charge in [0, 0.05) is 0 Å². The molecule has 0 spiro atoms. The largest absolute Gasteiger partial charge is 0.0992 e. The van der Waals surface area contributed by atoms with E-state index in [1.165, 1.54) is 11.1 Å². The summed E-state index contributed by atoms with van der Waals surface area (Å²) in [5.41, 5.74) is 4.81. The number of rotatable bonds is 1. The van der Waals surface area contributed by atoms with Gasteiger partial charge in [-0.15, -0.1) is 0 Å². The normalized spacial score (nSPS) is 18.1. The third-order valence-corrected chi connectivity index (χ3v) is 1.84. The fourth-order valence-electron chi connectivity index (χ4n) is 1.28. The first-order chi connectivity index (χ1) is 5.09. The van der Waals surface area contributed by atoms with Gasteiger partial charge in [0.05, 0.1) is 0 Å². The second-order valence-electron chi connectivity index (χ2n) is 3.21. The van der Waals surface area contributed by atoms with E-state index in [9.17, 15) is 0 Å². The summed E-state index contributed by atoms with van der Waals surface area (Å²) in [6, 6.07) is 0. The Hall–Kier alpha value is -1.04. The molecule has 0 bridgehead atoms. The molecule has 0 aromatic heterocycles. The van der Waals surface area contributed by atoms with E-state index in [0.717, 1.165) is 24.0 Å². The van der Waals surface area contributed by atoms with Gasteiger partial charge in [-0.1, -0.05) is 42.5 Å². The Morgan fingerprint density at radius 2 is 2.00 bits per heavy atom. The van der Waals surface area contributed by atoms with Crippen molar-refractivity contribution in [2.24, 2.45) is 0 Å². The lowest BCUT2D eigenvalue weighted by Crippen LogP contribution is -1.97.